The first kappa shape index (κ1) is 14.5. The van der Waals surface area contributed by atoms with Gasteiger partial charge in [-0.2, -0.15) is 0 Å². The Morgan fingerprint density at radius 2 is 1.79 bits per heavy atom. The average molecular weight is 315 g/mol. The predicted octanol–water partition coefficient (Wildman–Crippen LogP) is 4.07. The van der Waals surface area contributed by atoms with Crippen LogP contribution in [0.5, 0.6) is 0 Å². The molecular weight excluding hydrogens is 298 g/mol. The SMILES string of the molecule is Cc1cccc2nc(C(=O)N(C)c3ccc4ccccc4c3)cn12. The molecule has 0 fully saturated rings. The van der Waals surface area contributed by atoms with Crippen LogP contribution in [0.2, 0.25) is 0 Å². The summed E-state index contributed by atoms with van der Waals surface area (Å²) in [4.78, 5) is 18.9. The van der Waals surface area contributed by atoms with Crippen molar-refractivity contribution in [3.63, 3.8) is 0 Å². The van der Waals surface area contributed by atoms with Gasteiger partial charge in [0.2, 0.25) is 0 Å². The number of rotatable bonds is 2. The van der Waals surface area contributed by atoms with Gasteiger partial charge in [-0.05, 0) is 42.0 Å². The summed E-state index contributed by atoms with van der Waals surface area (Å²) in [7, 11) is 1.78. The Kier molecular flexibility index (Phi) is 3.31. The Hall–Kier alpha value is -3.14. The van der Waals surface area contributed by atoms with Gasteiger partial charge in [0.15, 0.2) is 0 Å². The molecule has 0 spiro atoms. The van der Waals surface area contributed by atoms with Crippen LogP contribution in [0.25, 0.3) is 16.4 Å². The highest BCUT2D eigenvalue weighted by molar-refractivity contribution is 6.05. The molecule has 0 saturated heterocycles. The van der Waals surface area contributed by atoms with Crippen molar-refractivity contribution in [2.45, 2.75) is 6.92 Å². The van der Waals surface area contributed by atoms with E-state index in [1.165, 1.54) is 0 Å². The maximum Gasteiger partial charge on any atom is 0.278 e. The van der Waals surface area contributed by atoms with Crippen LogP contribution in [-0.4, -0.2) is 22.3 Å². The number of nitrogens with zero attached hydrogens (tertiary/aromatic N) is 3. The van der Waals surface area contributed by atoms with E-state index in [-0.39, 0.29) is 5.91 Å². The Balaban J connectivity index is 1.72. The number of aryl methyl sites for hydroxylation is 1. The number of amides is 1. The number of carbonyl (C=O) groups excluding carboxylic acids is 1. The second-order valence-corrected chi connectivity index (χ2v) is 5.92. The lowest BCUT2D eigenvalue weighted by molar-refractivity contribution is 0.0989. The van der Waals surface area contributed by atoms with Gasteiger partial charge in [-0.1, -0.05) is 36.4 Å². The maximum absolute atomic E-state index is 12.8. The molecule has 0 unspecified atom stereocenters. The van der Waals surface area contributed by atoms with Gasteiger partial charge in [-0.3, -0.25) is 4.79 Å². The minimum Gasteiger partial charge on any atom is -0.310 e. The molecule has 118 valence electrons. The number of pyridine rings is 1. The number of imidazole rings is 1. The summed E-state index contributed by atoms with van der Waals surface area (Å²) in [5, 5.41) is 2.27. The summed E-state index contributed by atoms with van der Waals surface area (Å²) in [6.45, 7) is 2.00. The molecule has 4 aromatic rings. The Morgan fingerprint density at radius 1 is 1.00 bits per heavy atom. The van der Waals surface area contributed by atoms with Crippen molar-refractivity contribution in [2.24, 2.45) is 0 Å². The molecule has 0 aliphatic carbocycles. The van der Waals surface area contributed by atoms with Crippen molar-refractivity contribution in [1.29, 1.82) is 0 Å². The molecule has 0 saturated carbocycles. The summed E-state index contributed by atoms with van der Waals surface area (Å²) in [5.74, 6) is -0.117. The molecule has 4 heteroatoms. The lowest BCUT2D eigenvalue weighted by atomic mass is 10.1. The molecule has 0 radical (unpaired) electrons. The average Bonchev–Trinajstić information content (AvgIpc) is 3.06. The summed E-state index contributed by atoms with van der Waals surface area (Å²) in [5.41, 5.74) is 3.13. The normalized spacial score (nSPS) is 11.1. The molecule has 0 bridgehead atoms. The van der Waals surface area contributed by atoms with E-state index in [0.29, 0.717) is 5.69 Å². The summed E-state index contributed by atoms with van der Waals surface area (Å²) < 4.78 is 1.93. The standard InChI is InChI=1S/C20H17N3O/c1-14-6-5-9-19-21-18(13-23(14)19)20(24)22(2)17-11-10-15-7-3-4-8-16(15)12-17/h3-13H,1-2H3. The fourth-order valence-corrected chi connectivity index (χ4v) is 2.93. The second-order valence-electron chi connectivity index (χ2n) is 5.92. The van der Waals surface area contributed by atoms with Crippen LogP contribution in [0.15, 0.2) is 66.9 Å². The zero-order valence-corrected chi connectivity index (χ0v) is 13.6. The van der Waals surface area contributed by atoms with Gasteiger partial charge < -0.3 is 9.30 Å². The second kappa shape index (κ2) is 5.49. The van der Waals surface area contributed by atoms with E-state index in [1.807, 2.05) is 65.9 Å². The van der Waals surface area contributed by atoms with Gasteiger partial charge in [0.25, 0.3) is 5.91 Å². The molecule has 0 aliphatic heterocycles. The van der Waals surface area contributed by atoms with E-state index in [1.54, 1.807) is 18.1 Å². The summed E-state index contributed by atoms with van der Waals surface area (Å²) in [6.07, 6.45) is 1.80. The molecule has 0 N–H and O–H groups in total. The van der Waals surface area contributed by atoms with Crippen LogP contribution in [0.3, 0.4) is 0 Å². The minimum atomic E-state index is -0.117. The van der Waals surface area contributed by atoms with Gasteiger partial charge in [0.1, 0.15) is 11.3 Å². The van der Waals surface area contributed by atoms with E-state index in [0.717, 1.165) is 27.8 Å². The van der Waals surface area contributed by atoms with Crippen LogP contribution >= 0.6 is 0 Å². The summed E-state index contributed by atoms with van der Waals surface area (Å²) in [6, 6.07) is 20.0. The quantitative estimate of drug-likeness (QED) is 0.559. The molecule has 0 aliphatic rings. The van der Waals surface area contributed by atoms with E-state index in [2.05, 4.69) is 11.1 Å². The third-order valence-electron chi connectivity index (χ3n) is 4.34. The zero-order chi connectivity index (χ0) is 16.7. The summed E-state index contributed by atoms with van der Waals surface area (Å²) >= 11 is 0. The Labute approximate surface area is 140 Å². The largest absolute Gasteiger partial charge is 0.310 e. The first-order chi connectivity index (χ1) is 11.6. The first-order valence-electron chi connectivity index (χ1n) is 7.85. The van der Waals surface area contributed by atoms with Crippen LogP contribution in [0.4, 0.5) is 5.69 Å². The highest BCUT2D eigenvalue weighted by Crippen LogP contribution is 2.22. The van der Waals surface area contributed by atoms with Gasteiger partial charge in [0.05, 0.1) is 0 Å². The number of fused-ring (bicyclic) bond motifs is 2. The first-order valence-corrected chi connectivity index (χ1v) is 7.85. The lowest BCUT2D eigenvalue weighted by Gasteiger charge is -2.16. The molecule has 4 rings (SSSR count). The van der Waals surface area contributed by atoms with E-state index < -0.39 is 0 Å². The smallest absolute Gasteiger partial charge is 0.278 e. The van der Waals surface area contributed by atoms with Crippen LogP contribution in [0.1, 0.15) is 16.2 Å². The number of hydrogen-bond donors (Lipinski definition) is 0. The number of hydrogen-bond acceptors (Lipinski definition) is 2. The fourth-order valence-electron chi connectivity index (χ4n) is 2.93. The van der Waals surface area contributed by atoms with Gasteiger partial charge in [-0.15, -0.1) is 0 Å². The van der Waals surface area contributed by atoms with Crippen molar-refractivity contribution < 1.29 is 4.79 Å². The highest BCUT2D eigenvalue weighted by Gasteiger charge is 2.17. The van der Waals surface area contributed by atoms with E-state index >= 15 is 0 Å². The molecule has 2 aromatic carbocycles. The van der Waals surface area contributed by atoms with Crippen LogP contribution in [0, 0.1) is 6.92 Å². The Bertz CT molecular complexity index is 1060. The van der Waals surface area contributed by atoms with E-state index in [4.69, 9.17) is 0 Å². The number of carbonyl (C=O) groups is 1. The molecule has 2 heterocycles. The zero-order valence-electron chi connectivity index (χ0n) is 13.6. The highest BCUT2D eigenvalue weighted by atomic mass is 16.2. The lowest BCUT2D eigenvalue weighted by Crippen LogP contribution is -2.26. The van der Waals surface area contributed by atoms with Crippen molar-refractivity contribution >= 4 is 28.0 Å². The number of benzene rings is 2. The van der Waals surface area contributed by atoms with Crippen molar-refractivity contribution in [3.8, 4) is 0 Å². The molecule has 2 aromatic heterocycles. The minimum absolute atomic E-state index is 0.117. The number of aromatic nitrogens is 2. The fraction of sp³-hybridized carbons (Fsp3) is 0.100. The topological polar surface area (TPSA) is 37.6 Å². The molecular formula is C20H17N3O. The van der Waals surface area contributed by atoms with Gasteiger partial charge in [0, 0.05) is 24.6 Å². The third-order valence-corrected chi connectivity index (χ3v) is 4.34. The maximum atomic E-state index is 12.8. The predicted molar refractivity (Wildman–Crippen MR) is 96.6 cm³/mol. The van der Waals surface area contributed by atoms with Gasteiger partial charge in [-0.25, -0.2) is 4.98 Å². The van der Waals surface area contributed by atoms with Crippen molar-refractivity contribution in [1.82, 2.24) is 9.38 Å². The molecule has 1 amide bonds. The van der Waals surface area contributed by atoms with E-state index in [9.17, 15) is 4.79 Å². The van der Waals surface area contributed by atoms with Crippen molar-refractivity contribution in [3.05, 3.63) is 78.2 Å². The molecule has 0 atom stereocenters. The monoisotopic (exact) mass is 315 g/mol. The molecule has 4 nitrogen and oxygen atoms in total. The Morgan fingerprint density at radius 3 is 2.58 bits per heavy atom. The van der Waals surface area contributed by atoms with Crippen molar-refractivity contribution in [2.75, 3.05) is 11.9 Å². The third kappa shape index (κ3) is 2.33. The molecule has 24 heavy (non-hydrogen) atoms. The van der Waals surface area contributed by atoms with Gasteiger partial charge >= 0.3 is 0 Å². The van der Waals surface area contributed by atoms with Crippen LogP contribution < -0.4 is 4.90 Å². The number of anilines is 1. The van der Waals surface area contributed by atoms with Crippen LogP contribution in [-0.2, 0) is 0 Å².